The summed E-state index contributed by atoms with van der Waals surface area (Å²) in [4.78, 5) is 9.00. The van der Waals surface area contributed by atoms with Gasteiger partial charge in [0, 0.05) is 19.0 Å². The molecule has 0 bridgehead atoms. The summed E-state index contributed by atoms with van der Waals surface area (Å²) in [7, 11) is 1.86. The molecule has 1 heterocycles. The highest BCUT2D eigenvalue weighted by atomic mass is 35.5. The third kappa shape index (κ3) is 3.02. The number of aryl methyl sites for hydroxylation is 2. The number of benzene rings is 1. The van der Waals surface area contributed by atoms with Gasteiger partial charge in [-0.1, -0.05) is 24.6 Å². The van der Waals surface area contributed by atoms with Crippen molar-refractivity contribution in [3.8, 4) is 0 Å². The topological polar surface area (TPSA) is 49.8 Å². The minimum Gasteiger partial charge on any atom is -0.373 e. The lowest BCUT2D eigenvalue weighted by atomic mass is 10.2. The van der Waals surface area contributed by atoms with E-state index in [1.807, 2.05) is 46.0 Å². The van der Waals surface area contributed by atoms with Gasteiger partial charge in [-0.3, -0.25) is 0 Å². The predicted molar refractivity (Wildman–Crippen MR) is 85.2 cm³/mol. The molecule has 2 aromatic rings. The smallest absolute Gasteiger partial charge is 0.139 e. The third-order valence-corrected chi connectivity index (χ3v) is 3.45. The van der Waals surface area contributed by atoms with E-state index in [0.717, 1.165) is 40.7 Å². The van der Waals surface area contributed by atoms with Crippen molar-refractivity contribution in [2.24, 2.45) is 0 Å². The summed E-state index contributed by atoms with van der Waals surface area (Å²) in [5.41, 5.74) is 2.98. The van der Waals surface area contributed by atoms with Crippen LogP contribution in [-0.2, 0) is 6.42 Å². The maximum atomic E-state index is 6.22. The number of nitrogens with one attached hydrogen (secondary N) is 2. The standard InChI is InChI=1S/C15H19ClN4/c1-5-13-19-14(17-4)10(3)15(20-13)18-12-8-9(2)6-7-11(12)16/h6-8H,5H2,1-4H3,(H2,17,18,19,20). The van der Waals surface area contributed by atoms with Crippen LogP contribution in [0.4, 0.5) is 17.3 Å². The lowest BCUT2D eigenvalue weighted by Gasteiger charge is -2.14. The van der Waals surface area contributed by atoms with Gasteiger partial charge in [0.1, 0.15) is 17.5 Å². The first kappa shape index (κ1) is 14.6. The minimum atomic E-state index is 0.678. The van der Waals surface area contributed by atoms with Crippen molar-refractivity contribution in [3.63, 3.8) is 0 Å². The van der Waals surface area contributed by atoms with Gasteiger partial charge in [0.2, 0.25) is 0 Å². The van der Waals surface area contributed by atoms with Crippen LogP contribution in [0.1, 0.15) is 23.9 Å². The zero-order valence-corrected chi connectivity index (χ0v) is 13.0. The number of halogens is 1. The van der Waals surface area contributed by atoms with Crippen LogP contribution in [0.2, 0.25) is 5.02 Å². The fourth-order valence-electron chi connectivity index (χ4n) is 1.95. The summed E-state index contributed by atoms with van der Waals surface area (Å²) in [5, 5.41) is 7.08. The van der Waals surface area contributed by atoms with Gasteiger partial charge in [0.05, 0.1) is 10.7 Å². The zero-order valence-electron chi connectivity index (χ0n) is 12.2. The number of hydrogen-bond acceptors (Lipinski definition) is 4. The Labute approximate surface area is 124 Å². The van der Waals surface area contributed by atoms with E-state index in [2.05, 4.69) is 20.6 Å². The summed E-state index contributed by atoms with van der Waals surface area (Å²) in [5.74, 6) is 2.42. The molecule has 0 aliphatic carbocycles. The Kier molecular flexibility index (Phi) is 4.45. The fraction of sp³-hybridized carbons (Fsp3) is 0.333. The van der Waals surface area contributed by atoms with E-state index in [9.17, 15) is 0 Å². The Balaban J connectivity index is 2.44. The van der Waals surface area contributed by atoms with E-state index >= 15 is 0 Å². The van der Waals surface area contributed by atoms with Crippen LogP contribution in [0.3, 0.4) is 0 Å². The molecule has 4 nitrogen and oxygen atoms in total. The molecule has 5 heteroatoms. The monoisotopic (exact) mass is 290 g/mol. The molecule has 0 aliphatic heterocycles. The second-order valence-electron chi connectivity index (χ2n) is 4.67. The number of rotatable bonds is 4. The molecule has 1 aromatic carbocycles. The first-order valence-electron chi connectivity index (χ1n) is 6.63. The van der Waals surface area contributed by atoms with Crippen LogP contribution in [0.5, 0.6) is 0 Å². The number of aromatic nitrogens is 2. The van der Waals surface area contributed by atoms with Crippen LogP contribution in [0, 0.1) is 13.8 Å². The Hall–Kier alpha value is -1.81. The molecule has 20 heavy (non-hydrogen) atoms. The van der Waals surface area contributed by atoms with Crippen molar-refractivity contribution in [3.05, 3.63) is 40.2 Å². The van der Waals surface area contributed by atoms with Crippen molar-refractivity contribution in [1.82, 2.24) is 9.97 Å². The first-order valence-corrected chi connectivity index (χ1v) is 7.01. The molecule has 0 atom stereocenters. The second kappa shape index (κ2) is 6.09. The zero-order chi connectivity index (χ0) is 14.7. The van der Waals surface area contributed by atoms with E-state index in [1.165, 1.54) is 0 Å². The molecule has 0 aliphatic rings. The Bertz CT molecular complexity index is 626. The lowest BCUT2D eigenvalue weighted by Crippen LogP contribution is -2.07. The molecule has 0 radical (unpaired) electrons. The summed E-state index contributed by atoms with van der Waals surface area (Å²) in [6.45, 7) is 6.05. The highest BCUT2D eigenvalue weighted by Gasteiger charge is 2.11. The van der Waals surface area contributed by atoms with Crippen molar-refractivity contribution < 1.29 is 0 Å². The Morgan fingerprint density at radius 1 is 1.15 bits per heavy atom. The van der Waals surface area contributed by atoms with Crippen LogP contribution >= 0.6 is 11.6 Å². The average Bonchev–Trinajstić information content (AvgIpc) is 2.45. The Morgan fingerprint density at radius 2 is 1.85 bits per heavy atom. The lowest BCUT2D eigenvalue weighted by molar-refractivity contribution is 0.935. The summed E-state index contributed by atoms with van der Waals surface area (Å²) >= 11 is 6.22. The van der Waals surface area contributed by atoms with E-state index < -0.39 is 0 Å². The van der Waals surface area contributed by atoms with Crippen LogP contribution in [-0.4, -0.2) is 17.0 Å². The van der Waals surface area contributed by atoms with Gasteiger partial charge < -0.3 is 10.6 Å². The number of anilines is 3. The number of nitrogens with zero attached hydrogens (tertiary/aromatic N) is 2. The van der Waals surface area contributed by atoms with Crippen LogP contribution in [0.15, 0.2) is 18.2 Å². The van der Waals surface area contributed by atoms with Gasteiger partial charge in [0.25, 0.3) is 0 Å². The molecule has 2 rings (SSSR count). The van der Waals surface area contributed by atoms with E-state index in [-0.39, 0.29) is 0 Å². The summed E-state index contributed by atoms with van der Waals surface area (Å²) in [6.07, 6.45) is 0.783. The molecule has 0 saturated heterocycles. The SMILES string of the molecule is CCc1nc(NC)c(C)c(Nc2cc(C)ccc2Cl)n1. The minimum absolute atomic E-state index is 0.678. The van der Waals surface area contributed by atoms with Crippen LogP contribution in [0.25, 0.3) is 0 Å². The average molecular weight is 291 g/mol. The van der Waals surface area contributed by atoms with E-state index in [1.54, 1.807) is 0 Å². The molecule has 2 N–H and O–H groups in total. The van der Waals surface area contributed by atoms with E-state index in [4.69, 9.17) is 11.6 Å². The second-order valence-corrected chi connectivity index (χ2v) is 5.08. The third-order valence-electron chi connectivity index (χ3n) is 3.12. The van der Waals surface area contributed by atoms with Crippen molar-refractivity contribution in [1.29, 1.82) is 0 Å². The van der Waals surface area contributed by atoms with Gasteiger partial charge in [-0.15, -0.1) is 0 Å². The normalized spacial score (nSPS) is 10.4. The molecule has 1 aromatic heterocycles. The largest absolute Gasteiger partial charge is 0.373 e. The van der Waals surface area contributed by atoms with Crippen molar-refractivity contribution in [2.75, 3.05) is 17.7 Å². The van der Waals surface area contributed by atoms with Crippen molar-refractivity contribution >= 4 is 28.9 Å². The highest BCUT2D eigenvalue weighted by Crippen LogP contribution is 2.28. The molecular weight excluding hydrogens is 272 g/mol. The van der Waals surface area contributed by atoms with E-state index in [0.29, 0.717) is 5.02 Å². The fourth-order valence-corrected chi connectivity index (χ4v) is 2.11. The summed E-state index contributed by atoms with van der Waals surface area (Å²) in [6, 6.07) is 5.88. The van der Waals surface area contributed by atoms with Gasteiger partial charge in [-0.2, -0.15) is 0 Å². The molecule has 106 valence electrons. The molecule has 0 spiro atoms. The quantitative estimate of drug-likeness (QED) is 0.890. The molecule has 0 amide bonds. The predicted octanol–water partition coefficient (Wildman–Crippen LogP) is 4.09. The first-order chi connectivity index (χ1) is 9.55. The number of hydrogen-bond donors (Lipinski definition) is 2. The highest BCUT2D eigenvalue weighted by molar-refractivity contribution is 6.33. The maximum Gasteiger partial charge on any atom is 0.139 e. The van der Waals surface area contributed by atoms with Gasteiger partial charge in [-0.05, 0) is 31.5 Å². The van der Waals surface area contributed by atoms with Crippen molar-refractivity contribution in [2.45, 2.75) is 27.2 Å². The van der Waals surface area contributed by atoms with Gasteiger partial charge in [0.15, 0.2) is 0 Å². The summed E-state index contributed by atoms with van der Waals surface area (Å²) < 4.78 is 0. The maximum absolute atomic E-state index is 6.22. The Morgan fingerprint density at radius 3 is 2.50 bits per heavy atom. The molecule has 0 fully saturated rings. The van der Waals surface area contributed by atoms with Gasteiger partial charge >= 0.3 is 0 Å². The molecular formula is C15H19ClN4. The van der Waals surface area contributed by atoms with Gasteiger partial charge in [-0.25, -0.2) is 9.97 Å². The van der Waals surface area contributed by atoms with Crippen LogP contribution < -0.4 is 10.6 Å². The molecule has 0 unspecified atom stereocenters. The molecule has 0 saturated carbocycles.